The van der Waals surface area contributed by atoms with Crippen LogP contribution in [0.1, 0.15) is 169 Å². The molecule has 0 atom stereocenters. The molecule has 4 nitrogen and oxygen atoms in total. The molecule has 0 N–H and O–H groups in total. The van der Waals surface area contributed by atoms with Gasteiger partial charge in [-0.1, -0.05) is 182 Å². The summed E-state index contributed by atoms with van der Waals surface area (Å²) in [6.45, 7) is 25.4. The van der Waals surface area contributed by atoms with E-state index in [1.54, 1.807) is 5.57 Å². The normalized spacial score (nSPS) is 14.1. The van der Waals surface area contributed by atoms with Crippen LogP contribution in [0.25, 0.3) is 67.6 Å². The molecule has 6 aromatic carbocycles. The second-order valence-corrected chi connectivity index (χ2v) is 22.6. The van der Waals surface area contributed by atoms with Gasteiger partial charge in [-0.05, 0) is 174 Å². The first-order valence-electron chi connectivity index (χ1n) is 27.9. The maximum Gasteiger partial charge on any atom is 0.294 e. The first-order chi connectivity index (χ1) is 36.3. The number of imidazole rings is 2. The number of fused-ring (bicyclic) bond motifs is 2. The number of allylic oxidation sites excluding steroid dienone is 8. The van der Waals surface area contributed by atoms with Gasteiger partial charge in [0.05, 0.1) is 17.3 Å². The van der Waals surface area contributed by atoms with Gasteiger partial charge in [0.25, 0.3) is 5.82 Å². The molecule has 0 bridgehead atoms. The Kier molecular flexibility index (Phi) is 14.9. The van der Waals surface area contributed by atoms with Crippen molar-refractivity contribution in [2.45, 2.75) is 138 Å². The van der Waals surface area contributed by atoms with E-state index in [2.05, 4.69) is 260 Å². The van der Waals surface area contributed by atoms with Gasteiger partial charge in [-0.25, -0.2) is 9.55 Å². The third kappa shape index (κ3) is 10.2. The third-order valence-corrected chi connectivity index (χ3v) is 15.7. The van der Waals surface area contributed by atoms with Crippen LogP contribution in [0.15, 0.2) is 182 Å². The summed E-state index contributed by atoms with van der Waals surface area (Å²) < 4.78 is 7.24. The summed E-state index contributed by atoms with van der Waals surface area (Å²) in [4.78, 5) is 4.78. The van der Waals surface area contributed by atoms with Crippen molar-refractivity contribution in [3.63, 3.8) is 0 Å². The number of nitrogens with zero attached hydrogens (tertiary/aromatic N) is 4. The van der Waals surface area contributed by atoms with Gasteiger partial charge in [0.1, 0.15) is 23.9 Å². The maximum atomic E-state index is 4.78. The van der Waals surface area contributed by atoms with Crippen LogP contribution in [0.4, 0.5) is 0 Å². The van der Waals surface area contributed by atoms with Gasteiger partial charge in [-0.2, -0.15) is 4.57 Å². The molecule has 0 radical (unpaired) electrons. The topological polar surface area (TPSA) is 26.6 Å². The lowest BCUT2D eigenvalue weighted by Crippen LogP contribution is -2.37. The minimum atomic E-state index is 0.319. The van der Waals surface area contributed by atoms with E-state index >= 15 is 0 Å². The van der Waals surface area contributed by atoms with Crippen molar-refractivity contribution in [3.05, 3.63) is 227 Å². The average Bonchev–Trinajstić information content (AvgIpc) is 4.20. The van der Waals surface area contributed by atoms with Crippen LogP contribution in [0, 0.1) is 6.92 Å². The van der Waals surface area contributed by atoms with Crippen molar-refractivity contribution >= 4 is 11.1 Å². The highest BCUT2D eigenvalue weighted by atomic mass is 15.2. The van der Waals surface area contributed by atoms with Gasteiger partial charge >= 0.3 is 0 Å². The Labute approximate surface area is 448 Å². The van der Waals surface area contributed by atoms with E-state index in [4.69, 9.17) is 4.98 Å². The molecule has 0 unspecified atom stereocenters. The molecule has 0 spiro atoms. The molecular formula is C71H77N4+. The molecule has 0 amide bonds. The Hall–Kier alpha value is -7.30. The Bertz CT molecular complexity index is 3490. The largest absolute Gasteiger partial charge is 0.299 e. The molecule has 3 aliphatic rings. The third-order valence-electron chi connectivity index (χ3n) is 15.7. The molecule has 8 aromatic rings. The Morgan fingerprint density at radius 3 is 1.88 bits per heavy atom. The van der Waals surface area contributed by atoms with Crippen LogP contribution in [0.2, 0.25) is 0 Å². The van der Waals surface area contributed by atoms with Crippen LogP contribution in [0.5, 0.6) is 0 Å². The number of benzene rings is 6. The summed E-state index contributed by atoms with van der Waals surface area (Å²) in [5.74, 6) is 3.88. The van der Waals surface area contributed by atoms with Crippen LogP contribution in [-0.4, -0.2) is 14.1 Å². The Morgan fingerprint density at radius 1 is 0.547 bits per heavy atom. The SMILES string of the molecule is CC(C)c1cc2c(c(C(C)C)c1-n1ccnc1-c1ccccc1)C1=C(CCC=C1)C2.Cc1ccccc1-c1n(-c2c(-c3cc(C4=CCCC=C4)cc(-c4ccccc4)c3)cc(C(C)C)cc2C(C)C)cc[n+]1C(C)C. The van der Waals surface area contributed by atoms with Crippen molar-refractivity contribution < 1.29 is 4.57 Å². The number of rotatable bonds is 12. The predicted octanol–water partition coefficient (Wildman–Crippen LogP) is 19.1. The van der Waals surface area contributed by atoms with Gasteiger partial charge in [-0.15, -0.1) is 0 Å². The average molecular weight is 986 g/mol. The molecule has 2 heterocycles. The summed E-state index contributed by atoms with van der Waals surface area (Å²) in [6.07, 6.45) is 26.0. The molecule has 380 valence electrons. The number of hydrogen-bond donors (Lipinski definition) is 0. The quantitative estimate of drug-likeness (QED) is 0.112. The van der Waals surface area contributed by atoms with Gasteiger partial charge in [0.2, 0.25) is 0 Å². The lowest BCUT2D eigenvalue weighted by molar-refractivity contribution is -0.704. The lowest BCUT2D eigenvalue weighted by atomic mass is 9.84. The zero-order valence-electron chi connectivity index (χ0n) is 46.5. The maximum absolute atomic E-state index is 4.78. The molecule has 11 rings (SSSR count). The van der Waals surface area contributed by atoms with E-state index in [1.807, 2.05) is 6.20 Å². The highest BCUT2D eigenvalue weighted by Crippen LogP contribution is 2.48. The predicted molar refractivity (Wildman–Crippen MR) is 318 cm³/mol. The number of aryl methyl sites for hydroxylation is 1. The summed E-state index contributed by atoms with van der Waals surface area (Å²) in [5.41, 5.74) is 25.7. The molecule has 4 heteroatoms. The summed E-state index contributed by atoms with van der Waals surface area (Å²) in [7, 11) is 0. The summed E-state index contributed by atoms with van der Waals surface area (Å²) >= 11 is 0. The van der Waals surface area contributed by atoms with E-state index in [1.165, 1.54) is 114 Å². The van der Waals surface area contributed by atoms with Gasteiger partial charge in [0, 0.05) is 29.1 Å². The molecule has 0 aliphatic heterocycles. The second kappa shape index (κ2) is 21.9. The van der Waals surface area contributed by atoms with Crippen molar-refractivity contribution in [2.75, 3.05) is 0 Å². The van der Waals surface area contributed by atoms with Crippen molar-refractivity contribution in [2.24, 2.45) is 0 Å². The van der Waals surface area contributed by atoms with E-state index < -0.39 is 0 Å². The van der Waals surface area contributed by atoms with Crippen LogP contribution in [0.3, 0.4) is 0 Å². The number of aromatic nitrogens is 4. The summed E-state index contributed by atoms with van der Waals surface area (Å²) in [6, 6.07) is 45.1. The highest BCUT2D eigenvalue weighted by molar-refractivity contribution is 5.89. The standard InChI is InChI=1S/C43H47N2.C28H30N2/c1-29(2)35-27-40(30(3)4)42(45-23-22-44(31(5)6)43(45)39-21-15-14-16-32(39)7)41(28-35)38-25-36(33-17-10-8-11-18-33)24-37(26-38)34-19-12-9-13-20-34;1-18(2)24-17-22-16-21-12-8-9-13-23(21)26(22)25(19(3)4)27(24)30-15-14-29-28(30)20-10-6-5-7-11-20/h8,10-12,14-31H,9,13H2,1-7H3;5-7,9-11,13-15,17-19H,8,12,16H2,1-4H3/q+1;. The van der Waals surface area contributed by atoms with Crippen molar-refractivity contribution in [3.8, 4) is 56.4 Å². The molecule has 2 aromatic heterocycles. The molecular weight excluding hydrogens is 909 g/mol. The fourth-order valence-electron chi connectivity index (χ4n) is 11.8. The summed E-state index contributed by atoms with van der Waals surface area (Å²) in [5, 5.41) is 0. The molecule has 0 saturated heterocycles. The Morgan fingerprint density at radius 2 is 1.21 bits per heavy atom. The molecule has 75 heavy (non-hydrogen) atoms. The first-order valence-corrected chi connectivity index (χ1v) is 27.9. The zero-order chi connectivity index (χ0) is 52.5. The highest BCUT2D eigenvalue weighted by Gasteiger charge is 2.32. The van der Waals surface area contributed by atoms with Gasteiger partial charge in [-0.3, -0.25) is 4.57 Å². The van der Waals surface area contributed by atoms with Gasteiger partial charge < -0.3 is 0 Å². The minimum absolute atomic E-state index is 0.319. The smallest absolute Gasteiger partial charge is 0.294 e. The first kappa shape index (κ1) is 51.2. The van der Waals surface area contributed by atoms with Crippen molar-refractivity contribution in [1.29, 1.82) is 0 Å². The fraction of sp³-hybridized carbons (Fsp3) is 0.296. The monoisotopic (exact) mass is 986 g/mol. The molecule has 0 fully saturated rings. The zero-order valence-corrected chi connectivity index (χ0v) is 46.5. The van der Waals surface area contributed by atoms with E-state index in [0.29, 0.717) is 29.7 Å². The lowest BCUT2D eigenvalue weighted by Gasteiger charge is -2.26. The van der Waals surface area contributed by atoms with Gasteiger partial charge in [0.15, 0.2) is 0 Å². The molecule has 3 aliphatic carbocycles. The second-order valence-electron chi connectivity index (χ2n) is 22.6. The van der Waals surface area contributed by atoms with E-state index in [0.717, 1.165) is 30.7 Å². The van der Waals surface area contributed by atoms with E-state index in [-0.39, 0.29) is 0 Å². The van der Waals surface area contributed by atoms with Crippen LogP contribution < -0.4 is 4.57 Å². The Balaban J connectivity index is 0.000000185. The molecule has 0 saturated carbocycles. The van der Waals surface area contributed by atoms with Crippen molar-refractivity contribution in [1.82, 2.24) is 14.1 Å². The van der Waals surface area contributed by atoms with Crippen LogP contribution >= 0.6 is 0 Å². The van der Waals surface area contributed by atoms with E-state index in [9.17, 15) is 0 Å². The fourth-order valence-corrected chi connectivity index (χ4v) is 11.8. The number of hydrogen-bond acceptors (Lipinski definition) is 1. The minimum Gasteiger partial charge on any atom is -0.299 e. The van der Waals surface area contributed by atoms with Crippen LogP contribution in [-0.2, 0) is 6.42 Å².